The minimum atomic E-state index is 0.0586. The van der Waals surface area contributed by atoms with Gasteiger partial charge in [-0.25, -0.2) is 0 Å². The van der Waals surface area contributed by atoms with Crippen LogP contribution in [-0.2, 0) is 10.8 Å². The van der Waals surface area contributed by atoms with Gasteiger partial charge in [-0.1, -0.05) is 41.5 Å². The Morgan fingerprint density at radius 2 is 1.46 bits per heavy atom. The Morgan fingerprint density at radius 3 is 1.88 bits per heavy atom. The van der Waals surface area contributed by atoms with E-state index in [0.717, 1.165) is 11.3 Å². The summed E-state index contributed by atoms with van der Waals surface area (Å²) in [6.45, 7) is 12.7. The van der Waals surface area contributed by atoms with Crippen molar-refractivity contribution in [1.29, 1.82) is 0 Å². The molecule has 0 saturated carbocycles. The molecule has 2 aromatic heterocycles. The SMILES string of the molecule is C#CC#Cn1cc(C(C)(C)C)cn1.C#CC#Cn1ccc(C(C)(C)C)n1. The Balaban J connectivity index is 0.000000260. The van der Waals surface area contributed by atoms with Crippen molar-refractivity contribution in [3.05, 3.63) is 35.9 Å². The zero-order valence-corrected chi connectivity index (χ0v) is 16.3. The molecule has 0 aromatic carbocycles. The standard InChI is InChI=1S/2C11H12N2/c1-5-6-8-13-9-7-10(12-13)11(2,3)4;1-5-6-7-13-9-10(8-12-13)11(2,3)4/h1,7,9H,2-4H3;1,8-9H,2-4H3. The van der Waals surface area contributed by atoms with Gasteiger partial charge in [-0.15, -0.1) is 12.8 Å². The molecule has 0 unspecified atom stereocenters. The van der Waals surface area contributed by atoms with Crippen LogP contribution in [0, 0.1) is 48.6 Å². The summed E-state index contributed by atoms with van der Waals surface area (Å²) in [4.78, 5) is 0. The van der Waals surface area contributed by atoms with Gasteiger partial charge in [0.25, 0.3) is 0 Å². The van der Waals surface area contributed by atoms with Crippen LogP contribution >= 0.6 is 0 Å². The van der Waals surface area contributed by atoms with Crippen molar-refractivity contribution in [3.8, 4) is 48.6 Å². The molecule has 0 atom stereocenters. The Morgan fingerprint density at radius 1 is 0.885 bits per heavy atom. The van der Waals surface area contributed by atoms with Gasteiger partial charge in [0, 0.05) is 41.7 Å². The van der Waals surface area contributed by atoms with Crippen LogP contribution < -0.4 is 0 Å². The molecule has 0 aliphatic carbocycles. The number of terminal acetylenes is 2. The fraction of sp³-hybridized carbons (Fsp3) is 0.364. The van der Waals surface area contributed by atoms with Crippen molar-refractivity contribution >= 4 is 0 Å². The predicted molar refractivity (Wildman–Crippen MR) is 106 cm³/mol. The molecule has 0 amide bonds. The van der Waals surface area contributed by atoms with Gasteiger partial charge >= 0.3 is 0 Å². The summed E-state index contributed by atoms with van der Waals surface area (Å²) in [7, 11) is 0. The van der Waals surface area contributed by atoms with E-state index in [1.54, 1.807) is 9.36 Å². The van der Waals surface area contributed by atoms with Crippen LogP contribution in [-0.4, -0.2) is 19.6 Å². The summed E-state index contributed by atoms with van der Waals surface area (Å²) in [6, 6.07) is 7.36. The molecule has 0 saturated heterocycles. The maximum absolute atomic E-state index is 5.00. The highest BCUT2D eigenvalue weighted by Crippen LogP contribution is 2.20. The van der Waals surface area contributed by atoms with Gasteiger partial charge in [-0.2, -0.15) is 19.6 Å². The third kappa shape index (κ3) is 6.65. The zero-order chi connectivity index (χ0) is 19.8. The lowest BCUT2D eigenvalue weighted by Gasteiger charge is -2.14. The molecule has 0 spiro atoms. The molecular weight excluding hydrogens is 320 g/mol. The molecular formula is C22H24N4. The number of rotatable bonds is 0. The van der Waals surface area contributed by atoms with Crippen LogP contribution in [0.2, 0.25) is 0 Å². The van der Waals surface area contributed by atoms with Gasteiger partial charge in [-0.3, -0.25) is 0 Å². The quantitative estimate of drug-likeness (QED) is 0.688. The minimum Gasteiger partial charge on any atom is -0.196 e. The zero-order valence-electron chi connectivity index (χ0n) is 16.3. The normalized spacial score (nSPS) is 10.0. The Bertz CT molecular complexity index is 857. The third-order valence-electron chi connectivity index (χ3n) is 3.29. The van der Waals surface area contributed by atoms with E-state index in [-0.39, 0.29) is 10.8 Å². The average molecular weight is 344 g/mol. The number of hydrogen-bond donors (Lipinski definition) is 0. The second-order valence-electron chi connectivity index (χ2n) is 7.58. The summed E-state index contributed by atoms with van der Waals surface area (Å²) in [5, 5.41) is 8.33. The molecule has 0 radical (unpaired) electrons. The molecule has 2 rings (SSSR count). The first-order chi connectivity index (χ1) is 12.1. The molecule has 0 bridgehead atoms. The van der Waals surface area contributed by atoms with Crippen LogP contribution in [0.15, 0.2) is 24.7 Å². The molecule has 0 fully saturated rings. The average Bonchev–Trinajstić information content (AvgIpc) is 3.20. The fourth-order valence-electron chi connectivity index (χ4n) is 1.74. The summed E-state index contributed by atoms with van der Waals surface area (Å²) >= 11 is 0. The summed E-state index contributed by atoms with van der Waals surface area (Å²) in [5.41, 5.74) is 2.33. The van der Waals surface area contributed by atoms with Crippen molar-refractivity contribution in [1.82, 2.24) is 19.6 Å². The Labute approximate surface area is 157 Å². The first-order valence-electron chi connectivity index (χ1n) is 8.12. The topological polar surface area (TPSA) is 35.6 Å². The van der Waals surface area contributed by atoms with Crippen LogP contribution in [0.1, 0.15) is 52.8 Å². The van der Waals surface area contributed by atoms with E-state index < -0.39 is 0 Å². The van der Waals surface area contributed by atoms with Crippen molar-refractivity contribution in [2.24, 2.45) is 0 Å². The third-order valence-corrected chi connectivity index (χ3v) is 3.29. The van der Waals surface area contributed by atoms with Crippen molar-refractivity contribution in [3.63, 3.8) is 0 Å². The lowest BCUT2D eigenvalue weighted by atomic mass is 9.90. The first-order valence-corrected chi connectivity index (χ1v) is 8.12. The van der Waals surface area contributed by atoms with E-state index in [2.05, 4.69) is 87.5 Å². The van der Waals surface area contributed by atoms with E-state index in [4.69, 9.17) is 12.8 Å². The van der Waals surface area contributed by atoms with Crippen LogP contribution in [0.4, 0.5) is 0 Å². The monoisotopic (exact) mass is 344 g/mol. The molecule has 26 heavy (non-hydrogen) atoms. The van der Waals surface area contributed by atoms with Crippen LogP contribution in [0.5, 0.6) is 0 Å². The molecule has 2 heterocycles. The van der Waals surface area contributed by atoms with Gasteiger partial charge in [-0.05, 0) is 28.9 Å². The summed E-state index contributed by atoms with van der Waals surface area (Å²) in [5.74, 6) is 9.50. The van der Waals surface area contributed by atoms with E-state index in [1.807, 2.05) is 24.7 Å². The Hall–Kier alpha value is -3.34. The van der Waals surface area contributed by atoms with Crippen LogP contribution in [0.25, 0.3) is 0 Å². The van der Waals surface area contributed by atoms with Crippen molar-refractivity contribution < 1.29 is 0 Å². The highest BCUT2D eigenvalue weighted by atomic mass is 15.3. The van der Waals surface area contributed by atoms with Gasteiger partial charge in [0.2, 0.25) is 0 Å². The molecule has 0 aliphatic rings. The molecule has 0 N–H and O–H groups in total. The van der Waals surface area contributed by atoms with Gasteiger partial charge < -0.3 is 0 Å². The van der Waals surface area contributed by atoms with E-state index >= 15 is 0 Å². The summed E-state index contributed by atoms with van der Waals surface area (Å²) < 4.78 is 3.08. The number of hydrogen-bond acceptors (Lipinski definition) is 2. The lowest BCUT2D eigenvalue weighted by molar-refractivity contribution is 0.561. The predicted octanol–water partition coefficient (Wildman–Crippen LogP) is 3.25. The highest BCUT2D eigenvalue weighted by molar-refractivity contribution is 5.24. The lowest BCUT2D eigenvalue weighted by Crippen LogP contribution is -2.12. The highest BCUT2D eigenvalue weighted by Gasteiger charge is 2.16. The molecule has 2 aromatic rings. The largest absolute Gasteiger partial charge is 0.196 e. The van der Waals surface area contributed by atoms with Crippen molar-refractivity contribution in [2.45, 2.75) is 52.4 Å². The van der Waals surface area contributed by atoms with Gasteiger partial charge in [0.05, 0.1) is 11.9 Å². The number of nitrogens with zero attached hydrogens (tertiary/aromatic N) is 4. The van der Waals surface area contributed by atoms with E-state index in [0.29, 0.717) is 0 Å². The number of aromatic nitrogens is 4. The maximum Gasteiger partial charge on any atom is 0.0689 e. The fourth-order valence-corrected chi connectivity index (χ4v) is 1.74. The van der Waals surface area contributed by atoms with Crippen LogP contribution in [0.3, 0.4) is 0 Å². The van der Waals surface area contributed by atoms with E-state index in [1.165, 1.54) is 0 Å². The smallest absolute Gasteiger partial charge is 0.0689 e. The molecule has 0 aliphatic heterocycles. The van der Waals surface area contributed by atoms with Gasteiger partial charge in [0.15, 0.2) is 0 Å². The molecule has 132 valence electrons. The van der Waals surface area contributed by atoms with Gasteiger partial charge in [0.1, 0.15) is 0 Å². The molecule has 4 nitrogen and oxygen atoms in total. The maximum atomic E-state index is 5.00. The Kier molecular flexibility index (Phi) is 6.90. The first kappa shape index (κ1) is 20.7. The van der Waals surface area contributed by atoms with E-state index in [9.17, 15) is 0 Å². The summed E-state index contributed by atoms with van der Waals surface area (Å²) in [6.07, 6.45) is 15.5. The van der Waals surface area contributed by atoms with Crippen molar-refractivity contribution in [2.75, 3.05) is 0 Å². The second kappa shape index (κ2) is 8.67. The molecule has 4 heteroatoms. The minimum absolute atomic E-state index is 0.0586. The second-order valence-corrected chi connectivity index (χ2v) is 7.58.